The molecule has 2 heterocycles. The molecule has 100 valence electrons. The zero-order chi connectivity index (χ0) is 13.5. The topological polar surface area (TPSA) is 24.9 Å². The van der Waals surface area contributed by atoms with Crippen LogP contribution in [0.15, 0.2) is 42.5 Å². The molecule has 0 fully saturated rings. The molecule has 0 saturated heterocycles. The van der Waals surface area contributed by atoms with Gasteiger partial charge in [0, 0.05) is 19.0 Å². The van der Waals surface area contributed by atoms with Crippen LogP contribution < -0.4 is 5.32 Å². The van der Waals surface area contributed by atoms with Gasteiger partial charge in [-0.2, -0.15) is 0 Å². The predicted molar refractivity (Wildman–Crippen MR) is 79.6 cm³/mol. The number of hydrogen-bond acceptors (Lipinski definition) is 3. The second-order valence-corrected chi connectivity index (χ2v) is 6.11. The number of halogens is 1. The highest BCUT2D eigenvalue weighted by atomic mass is 32.1. The van der Waals surface area contributed by atoms with Crippen LogP contribution in [0.25, 0.3) is 10.2 Å². The molecule has 2 aromatic carbocycles. The lowest BCUT2D eigenvalue weighted by atomic mass is 9.91. The highest BCUT2D eigenvalue weighted by molar-refractivity contribution is 7.18. The highest BCUT2D eigenvalue weighted by Crippen LogP contribution is 2.34. The summed E-state index contributed by atoms with van der Waals surface area (Å²) >= 11 is 1.59. The van der Waals surface area contributed by atoms with Crippen molar-refractivity contribution in [1.29, 1.82) is 0 Å². The van der Waals surface area contributed by atoms with Gasteiger partial charge in [0.25, 0.3) is 0 Å². The number of aromatic nitrogens is 1. The van der Waals surface area contributed by atoms with Crippen LogP contribution in [0.1, 0.15) is 22.1 Å². The Labute approximate surface area is 120 Å². The van der Waals surface area contributed by atoms with Crippen molar-refractivity contribution in [3.05, 3.63) is 64.4 Å². The first-order valence-electron chi connectivity index (χ1n) is 6.66. The van der Waals surface area contributed by atoms with E-state index in [4.69, 9.17) is 0 Å². The zero-order valence-electron chi connectivity index (χ0n) is 10.8. The number of hydrogen-bond donors (Lipinski definition) is 1. The molecule has 0 aliphatic carbocycles. The summed E-state index contributed by atoms with van der Waals surface area (Å²) in [6, 6.07) is 13.3. The Morgan fingerprint density at radius 2 is 2.10 bits per heavy atom. The zero-order valence-corrected chi connectivity index (χ0v) is 11.6. The van der Waals surface area contributed by atoms with E-state index < -0.39 is 0 Å². The van der Waals surface area contributed by atoms with Gasteiger partial charge >= 0.3 is 0 Å². The van der Waals surface area contributed by atoms with Crippen molar-refractivity contribution in [3.8, 4) is 0 Å². The lowest BCUT2D eigenvalue weighted by Crippen LogP contribution is -2.28. The number of nitrogens with one attached hydrogen (secondary N) is 1. The van der Waals surface area contributed by atoms with Crippen molar-refractivity contribution in [2.45, 2.75) is 12.5 Å². The molecule has 4 rings (SSSR count). The van der Waals surface area contributed by atoms with Crippen LogP contribution in [0, 0.1) is 5.82 Å². The Bertz CT molecular complexity index is 781. The molecule has 1 aliphatic rings. The summed E-state index contributed by atoms with van der Waals surface area (Å²) in [6.45, 7) is 1.80. The van der Waals surface area contributed by atoms with Crippen LogP contribution in [-0.4, -0.2) is 11.5 Å². The molecular formula is C16H13FN2S. The molecule has 3 aromatic rings. The van der Waals surface area contributed by atoms with E-state index in [1.807, 2.05) is 0 Å². The number of rotatable bonds is 1. The fourth-order valence-electron chi connectivity index (χ4n) is 2.78. The standard InChI is InChI=1S/C16H13FN2S/c17-11-5-6-14-15(7-11)20-16(19-14)13-9-18-8-10-3-1-2-4-12(10)13/h1-7,13,18H,8-9H2. The molecule has 1 unspecified atom stereocenters. The molecular weight excluding hydrogens is 271 g/mol. The first kappa shape index (κ1) is 12.0. The van der Waals surface area contributed by atoms with Gasteiger partial charge in [-0.05, 0) is 29.3 Å². The summed E-state index contributed by atoms with van der Waals surface area (Å²) in [7, 11) is 0. The minimum absolute atomic E-state index is 0.199. The summed E-state index contributed by atoms with van der Waals surface area (Å²) in [5.74, 6) is 0.0651. The largest absolute Gasteiger partial charge is 0.312 e. The third kappa shape index (κ3) is 1.92. The van der Waals surface area contributed by atoms with Crippen molar-refractivity contribution in [1.82, 2.24) is 10.3 Å². The minimum atomic E-state index is -0.199. The van der Waals surface area contributed by atoms with Crippen molar-refractivity contribution in [3.63, 3.8) is 0 Å². The second-order valence-electron chi connectivity index (χ2n) is 5.05. The molecule has 0 saturated carbocycles. The van der Waals surface area contributed by atoms with Crippen LogP contribution >= 0.6 is 11.3 Å². The summed E-state index contributed by atoms with van der Waals surface area (Å²) < 4.78 is 14.2. The molecule has 1 aromatic heterocycles. The normalized spacial score (nSPS) is 18.1. The van der Waals surface area contributed by atoms with Crippen LogP contribution in [0.5, 0.6) is 0 Å². The van der Waals surface area contributed by atoms with E-state index in [0.717, 1.165) is 28.3 Å². The fourth-order valence-corrected chi connectivity index (χ4v) is 3.89. The summed E-state index contributed by atoms with van der Waals surface area (Å²) in [5.41, 5.74) is 3.55. The van der Waals surface area contributed by atoms with Crippen molar-refractivity contribution >= 4 is 21.6 Å². The second kappa shape index (κ2) is 4.65. The molecule has 20 heavy (non-hydrogen) atoms. The van der Waals surface area contributed by atoms with Gasteiger partial charge in [0.1, 0.15) is 10.8 Å². The SMILES string of the molecule is Fc1ccc2nc(C3CNCc4ccccc43)sc2c1. The molecule has 0 radical (unpaired) electrons. The van der Waals surface area contributed by atoms with E-state index in [0.29, 0.717) is 0 Å². The van der Waals surface area contributed by atoms with E-state index in [-0.39, 0.29) is 11.7 Å². The monoisotopic (exact) mass is 284 g/mol. The maximum Gasteiger partial charge on any atom is 0.124 e. The van der Waals surface area contributed by atoms with Crippen molar-refractivity contribution in [2.75, 3.05) is 6.54 Å². The van der Waals surface area contributed by atoms with Gasteiger partial charge in [-0.3, -0.25) is 0 Å². The number of benzene rings is 2. The van der Waals surface area contributed by atoms with Gasteiger partial charge in [-0.25, -0.2) is 9.37 Å². The Kier molecular flexibility index (Phi) is 2.79. The Hall–Kier alpha value is -1.78. The van der Waals surface area contributed by atoms with E-state index in [2.05, 4.69) is 34.6 Å². The summed E-state index contributed by atoms with van der Waals surface area (Å²) in [5, 5.41) is 4.50. The maximum absolute atomic E-state index is 13.3. The predicted octanol–water partition coefficient (Wildman–Crippen LogP) is 3.67. The Morgan fingerprint density at radius 3 is 3.05 bits per heavy atom. The highest BCUT2D eigenvalue weighted by Gasteiger charge is 2.24. The molecule has 4 heteroatoms. The van der Waals surface area contributed by atoms with Gasteiger partial charge in [0.15, 0.2) is 0 Å². The third-order valence-corrected chi connectivity index (χ3v) is 4.89. The van der Waals surface area contributed by atoms with Gasteiger partial charge in [-0.1, -0.05) is 24.3 Å². The van der Waals surface area contributed by atoms with Crippen LogP contribution in [0.2, 0.25) is 0 Å². The first-order chi connectivity index (χ1) is 9.81. The average Bonchev–Trinajstić information content (AvgIpc) is 2.89. The van der Waals surface area contributed by atoms with Gasteiger partial charge in [-0.15, -0.1) is 11.3 Å². The average molecular weight is 284 g/mol. The van der Waals surface area contributed by atoms with E-state index >= 15 is 0 Å². The fraction of sp³-hybridized carbons (Fsp3) is 0.188. The third-order valence-electron chi connectivity index (χ3n) is 3.76. The quantitative estimate of drug-likeness (QED) is 0.737. The molecule has 0 bridgehead atoms. The minimum Gasteiger partial charge on any atom is -0.312 e. The van der Waals surface area contributed by atoms with Crippen LogP contribution in [0.4, 0.5) is 4.39 Å². The molecule has 1 N–H and O–H groups in total. The van der Waals surface area contributed by atoms with Gasteiger partial charge in [0.2, 0.25) is 0 Å². The molecule has 2 nitrogen and oxygen atoms in total. The summed E-state index contributed by atoms with van der Waals surface area (Å²) in [4.78, 5) is 4.69. The van der Waals surface area contributed by atoms with Crippen molar-refractivity contribution in [2.24, 2.45) is 0 Å². The maximum atomic E-state index is 13.3. The summed E-state index contributed by atoms with van der Waals surface area (Å²) in [6.07, 6.45) is 0. The lowest BCUT2D eigenvalue weighted by molar-refractivity contribution is 0.590. The molecule has 1 atom stereocenters. The van der Waals surface area contributed by atoms with E-state index in [1.165, 1.54) is 17.2 Å². The van der Waals surface area contributed by atoms with Crippen molar-refractivity contribution < 1.29 is 4.39 Å². The smallest absolute Gasteiger partial charge is 0.124 e. The molecule has 0 spiro atoms. The van der Waals surface area contributed by atoms with Gasteiger partial charge in [0.05, 0.1) is 10.2 Å². The van der Waals surface area contributed by atoms with Crippen LogP contribution in [-0.2, 0) is 6.54 Å². The number of thiazole rings is 1. The van der Waals surface area contributed by atoms with Gasteiger partial charge < -0.3 is 5.32 Å². The lowest BCUT2D eigenvalue weighted by Gasteiger charge is -2.24. The Balaban J connectivity index is 1.84. The molecule has 1 aliphatic heterocycles. The Morgan fingerprint density at radius 1 is 1.20 bits per heavy atom. The van der Waals surface area contributed by atoms with Crippen LogP contribution in [0.3, 0.4) is 0 Å². The number of nitrogens with zero attached hydrogens (tertiary/aromatic N) is 1. The number of fused-ring (bicyclic) bond motifs is 2. The first-order valence-corrected chi connectivity index (χ1v) is 7.47. The van der Waals surface area contributed by atoms with E-state index in [1.54, 1.807) is 23.5 Å². The van der Waals surface area contributed by atoms with E-state index in [9.17, 15) is 4.39 Å². The molecule has 0 amide bonds.